The molecule has 52 heavy (non-hydrogen) atoms. The number of allylic oxidation sites excluding steroid dienone is 4. The highest BCUT2D eigenvalue weighted by molar-refractivity contribution is 7.92. The van der Waals surface area contributed by atoms with Crippen LogP contribution in [0.15, 0.2) is 70.6 Å². The Morgan fingerprint density at radius 2 is 1.81 bits per heavy atom. The molecule has 3 atom stereocenters. The van der Waals surface area contributed by atoms with E-state index in [4.69, 9.17) is 16.1 Å². The van der Waals surface area contributed by atoms with Crippen LogP contribution in [0.4, 0.5) is 11.8 Å². The molecule has 6 aliphatic rings. The number of hydrogen-bond donors (Lipinski definition) is 1. The molecule has 5 saturated carbocycles. The number of sulfonamides is 1. The van der Waals surface area contributed by atoms with Gasteiger partial charge < -0.3 is 9.64 Å². The molecule has 1 N–H and O–H groups in total. The predicted molar refractivity (Wildman–Crippen MR) is 207 cm³/mol. The normalized spacial score (nSPS) is 28.7. The SMILES string of the molecule is C#C/C(C)=C(\C(C)=C/C)c1cc2nc(n1)NS(=O)(=O)c1cccc(c1)C(C13CC(C1)C3c1cccc(N(C)C3CC4(CC4)C3)n1)C(CC(C)C)CO2. The van der Waals surface area contributed by atoms with Crippen LogP contribution in [0.5, 0.6) is 5.88 Å². The van der Waals surface area contributed by atoms with Gasteiger partial charge in [0.2, 0.25) is 11.8 Å². The fourth-order valence-electron chi connectivity index (χ4n) is 10.1. The molecule has 1 aliphatic heterocycles. The molecule has 0 saturated heterocycles. The van der Waals surface area contributed by atoms with Gasteiger partial charge in [-0.05, 0) is 130 Å². The first kappa shape index (κ1) is 34.9. The van der Waals surface area contributed by atoms with Gasteiger partial charge in [0.15, 0.2) is 0 Å². The number of benzene rings is 1. The molecule has 9 rings (SSSR count). The number of pyridine rings is 1. The standard InChI is InChI=1S/C43H51N5O3S/c1-8-27(5)38(28(6)9-2)35-20-37-46-41(45-35)47-52(49,50)33-13-10-12-29(19-33)39(30(25-51-37)18-26(3)4)43-21-31(22-43)40(43)34-14-11-15-36(44-34)48(7)32-23-42(24-32)16-17-42/h1,9-15,19-20,26,30-32,39-40H,16-18,21-25H2,2-7H3,(H,45,46,47)/b28-9-,38-27+. The van der Waals surface area contributed by atoms with E-state index in [1.54, 1.807) is 12.1 Å². The lowest BCUT2D eigenvalue weighted by atomic mass is 9.31. The summed E-state index contributed by atoms with van der Waals surface area (Å²) in [6.07, 6.45) is 16.3. The van der Waals surface area contributed by atoms with Crippen molar-refractivity contribution in [3.8, 4) is 18.2 Å². The maximum Gasteiger partial charge on any atom is 0.264 e. The Morgan fingerprint density at radius 3 is 2.46 bits per heavy atom. The van der Waals surface area contributed by atoms with Crippen molar-refractivity contribution in [1.29, 1.82) is 0 Å². The van der Waals surface area contributed by atoms with Crippen LogP contribution in [0.25, 0.3) is 5.57 Å². The minimum atomic E-state index is -4.04. The van der Waals surface area contributed by atoms with Crippen LogP contribution in [0.1, 0.15) is 108 Å². The number of ether oxygens (including phenoxy) is 1. The van der Waals surface area contributed by atoms with Crippen molar-refractivity contribution in [3.63, 3.8) is 0 Å². The Morgan fingerprint density at radius 1 is 1.06 bits per heavy atom. The zero-order chi connectivity index (χ0) is 36.6. The van der Waals surface area contributed by atoms with E-state index in [1.165, 1.54) is 31.4 Å². The van der Waals surface area contributed by atoms with Gasteiger partial charge in [-0.3, -0.25) is 0 Å². The van der Waals surface area contributed by atoms with E-state index in [9.17, 15) is 8.42 Å². The summed E-state index contributed by atoms with van der Waals surface area (Å²) in [5.41, 5.74) is 5.69. The van der Waals surface area contributed by atoms with E-state index in [-0.39, 0.29) is 28.1 Å². The number of nitrogens with zero attached hydrogens (tertiary/aromatic N) is 4. The van der Waals surface area contributed by atoms with Crippen LogP contribution in [-0.2, 0) is 10.0 Å². The molecule has 1 aromatic carbocycles. The van der Waals surface area contributed by atoms with Gasteiger partial charge in [0.05, 0.1) is 17.2 Å². The summed E-state index contributed by atoms with van der Waals surface area (Å²) in [5.74, 6) is 5.54. The maximum absolute atomic E-state index is 14.1. The van der Waals surface area contributed by atoms with E-state index in [0.29, 0.717) is 53.0 Å². The summed E-state index contributed by atoms with van der Waals surface area (Å²) in [5, 5.41) is 0. The number of anilines is 2. The number of terminal acetylenes is 1. The van der Waals surface area contributed by atoms with Crippen molar-refractivity contribution in [3.05, 3.63) is 82.7 Å². The highest BCUT2D eigenvalue weighted by Crippen LogP contribution is 2.79. The molecule has 5 fully saturated rings. The lowest BCUT2D eigenvalue weighted by Crippen LogP contribution is -2.64. The number of fused-ring (bicyclic) bond motifs is 4. The average Bonchev–Trinajstić information content (AvgIpc) is 3.88. The van der Waals surface area contributed by atoms with E-state index in [1.807, 2.05) is 39.0 Å². The Hall–Kier alpha value is -4.16. The van der Waals surface area contributed by atoms with Crippen LogP contribution in [0.3, 0.4) is 0 Å². The van der Waals surface area contributed by atoms with E-state index in [2.05, 4.69) is 70.7 Å². The highest BCUT2D eigenvalue weighted by atomic mass is 32.2. The molecule has 3 heterocycles. The molecule has 0 amide bonds. The third-order valence-electron chi connectivity index (χ3n) is 13.1. The molecule has 5 aliphatic carbocycles. The molecule has 8 nitrogen and oxygen atoms in total. The molecule has 9 heteroatoms. The molecular formula is C43H51N5O3S. The van der Waals surface area contributed by atoms with Crippen molar-refractivity contribution in [1.82, 2.24) is 15.0 Å². The van der Waals surface area contributed by atoms with Crippen LogP contribution in [-0.4, -0.2) is 43.1 Å². The van der Waals surface area contributed by atoms with E-state index >= 15 is 0 Å². The topological polar surface area (TPSA) is 97.3 Å². The van der Waals surface area contributed by atoms with Gasteiger partial charge >= 0.3 is 0 Å². The molecule has 2 aromatic heterocycles. The van der Waals surface area contributed by atoms with Crippen LogP contribution >= 0.6 is 0 Å². The fraction of sp³-hybridized carbons (Fsp3) is 0.512. The van der Waals surface area contributed by atoms with Crippen molar-refractivity contribution >= 4 is 27.4 Å². The fourth-order valence-corrected chi connectivity index (χ4v) is 11.1. The first-order valence-electron chi connectivity index (χ1n) is 19.0. The van der Waals surface area contributed by atoms with Crippen LogP contribution < -0.4 is 14.4 Å². The number of hydrogen-bond acceptors (Lipinski definition) is 7. The first-order valence-corrected chi connectivity index (χ1v) is 20.5. The van der Waals surface area contributed by atoms with Gasteiger partial charge in [0, 0.05) is 47.8 Å². The van der Waals surface area contributed by atoms with Gasteiger partial charge in [-0.1, -0.05) is 44.0 Å². The summed E-state index contributed by atoms with van der Waals surface area (Å²) in [7, 11) is -1.82. The smallest absolute Gasteiger partial charge is 0.264 e. The quantitative estimate of drug-likeness (QED) is 0.184. The monoisotopic (exact) mass is 717 g/mol. The molecule has 1 spiro atoms. The average molecular weight is 718 g/mol. The van der Waals surface area contributed by atoms with Gasteiger partial charge in [0.25, 0.3) is 10.0 Å². The Balaban J connectivity index is 1.19. The number of rotatable bonds is 8. The number of nitrogens with one attached hydrogen (secondary N) is 1. The minimum Gasteiger partial charge on any atom is -0.477 e. The molecule has 3 unspecified atom stereocenters. The van der Waals surface area contributed by atoms with Crippen molar-refractivity contribution in [2.24, 2.45) is 28.6 Å². The van der Waals surface area contributed by atoms with Crippen molar-refractivity contribution in [2.45, 2.75) is 102 Å². The summed E-state index contributed by atoms with van der Waals surface area (Å²) in [6, 6.07) is 16.5. The first-order chi connectivity index (χ1) is 24.8. The molecule has 6 bridgehead atoms. The Kier molecular flexibility index (Phi) is 8.56. The van der Waals surface area contributed by atoms with E-state index in [0.717, 1.165) is 41.8 Å². The van der Waals surface area contributed by atoms with Gasteiger partial charge in [-0.15, -0.1) is 6.42 Å². The van der Waals surface area contributed by atoms with Crippen molar-refractivity contribution < 1.29 is 13.2 Å². The maximum atomic E-state index is 14.1. The lowest BCUT2D eigenvalue weighted by molar-refractivity contribution is -0.177. The predicted octanol–water partition coefficient (Wildman–Crippen LogP) is 8.76. The molecule has 272 valence electrons. The van der Waals surface area contributed by atoms with Gasteiger partial charge in [-0.25, -0.2) is 23.1 Å². The second kappa shape index (κ2) is 12.8. The zero-order valence-corrected chi connectivity index (χ0v) is 32.1. The third kappa shape index (κ3) is 5.91. The van der Waals surface area contributed by atoms with E-state index < -0.39 is 10.0 Å². The third-order valence-corrected chi connectivity index (χ3v) is 14.4. The number of aromatic nitrogens is 3. The minimum absolute atomic E-state index is 0.0446. The second-order valence-corrected chi connectivity index (χ2v) is 18.5. The highest BCUT2D eigenvalue weighted by Gasteiger charge is 2.70. The van der Waals surface area contributed by atoms with Gasteiger partial charge in [-0.2, -0.15) is 4.98 Å². The summed E-state index contributed by atoms with van der Waals surface area (Å²) < 4.78 is 37.5. The molecule has 0 radical (unpaired) electrons. The van der Waals surface area contributed by atoms with Crippen LogP contribution in [0, 0.1) is 40.9 Å². The Bertz CT molecular complexity index is 2110. The zero-order valence-electron chi connectivity index (χ0n) is 31.3. The second-order valence-electron chi connectivity index (χ2n) is 16.9. The molecular weight excluding hydrogens is 667 g/mol. The summed E-state index contributed by atoms with van der Waals surface area (Å²) in [6.45, 7) is 10.7. The van der Waals surface area contributed by atoms with Crippen molar-refractivity contribution in [2.75, 3.05) is 23.3 Å². The summed E-state index contributed by atoms with van der Waals surface area (Å²) in [4.78, 5) is 17.2. The lowest BCUT2D eigenvalue weighted by Gasteiger charge is -2.72. The summed E-state index contributed by atoms with van der Waals surface area (Å²) >= 11 is 0. The Labute approximate surface area is 309 Å². The largest absolute Gasteiger partial charge is 0.477 e. The van der Waals surface area contributed by atoms with Gasteiger partial charge in [0.1, 0.15) is 5.82 Å². The molecule has 3 aromatic rings. The van der Waals surface area contributed by atoms with Crippen LogP contribution in [0.2, 0.25) is 0 Å².